The van der Waals surface area contributed by atoms with Gasteiger partial charge in [-0.05, 0) is 24.5 Å². The molecule has 1 aromatic rings. The van der Waals surface area contributed by atoms with Crippen LogP contribution in [0.5, 0.6) is 0 Å². The summed E-state index contributed by atoms with van der Waals surface area (Å²) in [6.07, 6.45) is 1.29. The smallest absolute Gasteiger partial charge is 0.123 e. The summed E-state index contributed by atoms with van der Waals surface area (Å²) in [7, 11) is 0. The minimum atomic E-state index is 0.600. The van der Waals surface area contributed by atoms with Gasteiger partial charge in [-0.1, -0.05) is 13.0 Å². The van der Waals surface area contributed by atoms with Crippen LogP contribution in [0.1, 0.15) is 19.0 Å². The van der Waals surface area contributed by atoms with Crippen LogP contribution in [-0.2, 0) is 6.54 Å². The van der Waals surface area contributed by atoms with E-state index in [-0.39, 0.29) is 0 Å². The van der Waals surface area contributed by atoms with E-state index in [1.807, 2.05) is 18.2 Å². The molecule has 0 radical (unpaired) electrons. The lowest BCUT2D eigenvalue weighted by Crippen LogP contribution is -2.18. The lowest BCUT2D eigenvalue weighted by Gasteiger charge is -2.02. The number of hydrogen-bond donors (Lipinski definition) is 2. The quantitative estimate of drug-likeness (QED) is 0.728. The van der Waals surface area contributed by atoms with Gasteiger partial charge in [0.15, 0.2) is 0 Å². The normalized spacial score (nSPS) is 25.9. The predicted molar refractivity (Wildman–Crippen MR) is 53.1 cm³/mol. The van der Waals surface area contributed by atoms with Gasteiger partial charge >= 0.3 is 0 Å². The zero-order chi connectivity index (χ0) is 9.26. The SMILES string of the molecule is CC1CC1NCc1cccc(N)n1. The van der Waals surface area contributed by atoms with Crippen molar-refractivity contribution < 1.29 is 0 Å². The molecule has 1 aromatic heterocycles. The fourth-order valence-electron chi connectivity index (χ4n) is 1.44. The molecule has 2 rings (SSSR count). The first-order valence-corrected chi connectivity index (χ1v) is 4.70. The maximum Gasteiger partial charge on any atom is 0.123 e. The Morgan fingerprint density at radius 1 is 1.62 bits per heavy atom. The summed E-state index contributed by atoms with van der Waals surface area (Å²) in [6, 6.07) is 6.44. The molecule has 3 heteroatoms. The van der Waals surface area contributed by atoms with Gasteiger partial charge in [0, 0.05) is 12.6 Å². The van der Waals surface area contributed by atoms with Crippen LogP contribution >= 0.6 is 0 Å². The van der Waals surface area contributed by atoms with Crippen LogP contribution in [0.25, 0.3) is 0 Å². The van der Waals surface area contributed by atoms with Gasteiger partial charge in [0.25, 0.3) is 0 Å². The van der Waals surface area contributed by atoms with Gasteiger partial charge in [0.05, 0.1) is 5.69 Å². The number of nitrogen functional groups attached to an aromatic ring is 1. The van der Waals surface area contributed by atoms with Crippen molar-refractivity contribution >= 4 is 5.82 Å². The molecule has 1 heterocycles. The molecular formula is C10H15N3. The number of nitrogens with two attached hydrogens (primary N) is 1. The minimum absolute atomic E-state index is 0.600. The van der Waals surface area contributed by atoms with E-state index in [0.717, 1.165) is 18.2 Å². The number of hydrogen-bond acceptors (Lipinski definition) is 3. The predicted octanol–water partition coefficient (Wildman–Crippen LogP) is 1.16. The van der Waals surface area contributed by atoms with Crippen molar-refractivity contribution in [2.45, 2.75) is 25.9 Å². The molecule has 2 unspecified atom stereocenters. The van der Waals surface area contributed by atoms with Crippen LogP contribution in [-0.4, -0.2) is 11.0 Å². The Morgan fingerprint density at radius 2 is 2.38 bits per heavy atom. The number of rotatable bonds is 3. The van der Waals surface area contributed by atoms with Gasteiger partial charge in [0.2, 0.25) is 0 Å². The molecule has 0 aromatic carbocycles. The molecule has 0 spiro atoms. The van der Waals surface area contributed by atoms with Crippen molar-refractivity contribution in [3.05, 3.63) is 23.9 Å². The molecule has 70 valence electrons. The molecule has 2 atom stereocenters. The van der Waals surface area contributed by atoms with E-state index in [1.165, 1.54) is 6.42 Å². The molecule has 1 aliphatic carbocycles. The summed E-state index contributed by atoms with van der Waals surface area (Å²) in [4.78, 5) is 4.21. The third-order valence-corrected chi connectivity index (χ3v) is 2.48. The molecule has 3 nitrogen and oxygen atoms in total. The Hall–Kier alpha value is -1.09. The minimum Gasteiger partial charge on any atom is -0.384 e. The van der Waals surface area contributed by atoms with E-state index in [0.29, 0.717) is 11.9 Å². The Balaban J connectivity index is 1.87. The van der Waals surface area contributed by atoms with Crippen LogP contribution in [0.3, 0.4) is 0 Å². The van der Waals surface area contributed by atoms with E-state index in [4.69, 9.17) is 5.73 Å². The van der Waals surface area contributed by atoms with Crippen molar-refractivity contribution in [1.29, 1.82) is 0 Å². The monoisotopic (exact) mass is 177 g/mol. The lowest BCUT2D eigenvalue weighted by molar-refractivity contribution is 0.643. The Kier molecular flexibility index (Phi) is 2.19. The second-order valence-electron chi connectivity index (χ2n) is 3.75. The highest BCUT2D eigenvalue weighted by atomic mass is 15.0. The molecule has 0 amide bonds. The first-order chi connectivity index (χ1) is 6.25. The van der Waals surface area contributed by atoms with Crippen LogP contribution in [0, 0.1) is 5.92 Å². The lowest BCUT2D eigenvalue weighted by atomic mass is 10.3. The van der Waals surface area contributed by atoms with Crippen molar-refractivity contribution in [3.8, 4) is 0 Å². The molecule has 1 fully saturated rings. The highest BCUT2D eigenvalue weighted by Gasteiger charge is 2.31. The largest absolute Gasteiger partial charge is 0.384 e. The van der Waals surface area contributed by atoms with Gasteiger partial charge in [0.1, 0.15) is 5.82 Å². The van der Waals surface area contributed by atoms with E-state index in [2.05, 4.69) is 17.2 Å². The summed E-state index contributed by atoms with van der Waals surface area (Å²) >= 11 is 0. The molecule has 3 N–H and O–H groups in total. The van der Waals surface area contributed by atoms with Crippen molar-refractivity contribution in [1.82, 2.24) is 10.3 Å². The van der Waals surface area contributed by atoms with Gasteiger partial charge < -0.3 is 11.1 Å². The topological polar surface area (TPSA) is 50.9 Å². The zero-order valence-corrected chi connectivity index (χ0v) is 7.83. The van der Waals surface area contributed by atoms with Gasteiger partial charge in [-0.2, -0.15) is 0 Å². The third kappa shape index (κ3) is 2.18. The van der Waals surface area contributed by atoms with Crippen molar-refractivity contribution in [2.75, 3.05) is 5.73 Å². The molecule has 0 bridgehead atoms. The molecular weight excluding hydrogens is 162 g/mol. The van der Waals surface area contributed by atoms with E-state index >= 15 is 0 Å². The van der Waals surface area contributed by atoms with Crippen molar-refractivity contribution in [3.63, 3.8) is 0 Å². The van der Waals surface area contributed by atoms with Gasteiger partial charge in [-0.25, -0.2) is 4.98 Å². The second-order valence-corrected chi connectivity index (χ2v) is 3.75. The number of anilines is 1. The average molecular weight is 177 g/mol. The Morgan fingerprint density at radius 3 is 3.00 bits per heavy atom. The third-order valence-electron chi connectivity index (χ3n) is 2.48. The van der Waals surface area contributed by atoms with E-state index in [1.54, 1.807) is 0 Å². The fourth-order valence-corrected chi connectivity index (χ4v) is 1.44. The standard InChI is InChI=1S/C10H15N3/c1-7-5-9(7)12-6-8-3-2-4-10(11)13-8/h2-4,7,9,12H,5-6H2,1H3,(H2,11,13). The highest BCUT2D eigenvalue weighted by Crippen LogP contribution is 2.29. The first-order valence-electron chi connectivity index (χ1n) is 4.70. The van der Waals surface area contributed by atoms with Crippen LogP contribution < -0.4 is 11.1 Å². The summed E-state index contributed by atoms with van der Waals surface area (Å²) in [5, 5.41) is 3.43. The molecule has 0 aliphatic heterocycles. The van der Waals surface area contributed by atoms with Crippen LogP contribution in [0.15, 0.2) is 18.2 Å². The van der Waals surface area contributed by atoms with Gasteiger partial charge in [-0.3, -0.25) is 0 Å². The summed E-state index contributed by atoms with van der Waals surface area (Å²) < 4.78 is 0. The maximum atomic E-state index is 5.57. The second kappa shape index (κ2) is 3.34. The van der Waals surface area contributed by atoms with Crippen LogP contribution in [0.4, 0.5) is 5.82 Å². The average Bonchev–Trinajstić information content (AvgIpc) is 2.79. The fraction of sp³-hybridized carbons (Fsp3) is 0.500. The number of nitrogens with zero attached hydrogens (tertiary/aromatic N) is 1. The maximum absolute atomic E-state index is 5.57. The Labute approximate surface area is 78.4 Å². The molecule has 0 saturated heterocycles. The summed E-state index contributed by atoms with van der Waals surface area (Å²) in [5.74, 6) is 1.43. The number of nitrogens with one attached hydrogen (secondary N) is 1. The summed E-state index contributed by atoms with van der Waals surface area (Å²) in [5.41, 5.74) is 6.60. The van der Waals surface area contributed by atoms with E-state index in [9.17, 15) is 0 Å². The van der Waals surface area contributed by atoms with E-state index < -0.39 is 0 Å². The van der Waals surface area contributed by atoms with Crippen molar-refractivity contribution in [2.24, 2.45) is 5.92 Å². The highest BCUT2D eigenvalue weighted by molar-refractivity contribution is 5.28. The van der Waals surface area contributed by atoms with Crippen LogP contribution in [0.2, 0.25) is 0 Å². The Bertz CT molecular complexity index is 298. The first kappa shape index (κ1) is 8.51. The summed E-state index contributed by atoms with van der Waals surface area (Å²) in [6.45, 7) is 3.09. The number of aromatic nitrogens is 1. The molecule has 1 aliphatic rings. The van der Waals surface area contributed by atoms with Gasteiger partial charge in [-0.15, -0.1) is 0 Å². The molecule has 13 heavy (non-hydrogen) atoms. The molecule has 1 saturated carbocycles. The zero-order valence-electron chi connectivity index (χ0n) is 7.83. The number of pyridine rings is 1.